The first kappa shape index (κ1) is 21.9. The number of rotatable bonds is 7. The highest BCUT2D eigenvalue weighted by molar-refractivity contribution is 5.83. The second kappa shape index (κ2) is 8.52. The molecular weight excluding hydrogens is 316 g/mol. The van der Waals surface area contributed by atoms with Gasteiger partial charge < -0.3 is 15.4 Å². The van der Waals surface area contributed by atoms with Crippen LogP contribution in [-0.4, -0.2) is 37.6 Å². The van der Waals surface area contributed by atoms with Crippen molar-refractivity contribution >= 4 is 11.8 Å². The molecule has 0 bridgehead atoms. The van der Waals surface area contributed by atoms with Crippen molar-refractivity contribution in [3.63, 3.8) is 0 Å². The van der Waals surface area contributed by atoms with Crippen LogP contribution in [0.3, 0.4) is 0 Å². The molecule has 5 nitrogen and oxygen atoms in total. The highest BCUT2D eigenvalue weighted by Crippen LogP contribution is 2.33. The third-order valence-electron chi connectivity index (χ3n) is 4.91. The van der Waals surface area contributed by atoms with Crippen LogP contribution in [-0.2, 0) is 14.3 Å². The molecule has 1 rings (SSSR count). The molecule has 0 radical (unpaired) electrons. The van der Waals surface area contributed by atoms with Crippen LogP contribution in [0.2, 0.25) is 0 Å². The molecule has 1 heterocycles. The van der Waals surface area contributed by atoms with Crippen molar-refractivity contribution in [1.82, 2.24) is 10.6 Å². The minimum atomic E-state index is -0.457. The molecule has 0 aliphatic carbocycles. The summed E-state index contributed by atoms with van der Waals surface area (Å²) in [5.74, 6) is 0.0737. The highest BCUT2D eigenvalue weighted by Gasteiger charge is 2.37. The van der Waals surface area contributed by atoms with Gasteiger partial charge in [-0.25, -0.2) is 0 Å². The van der Waals surface area contributed by atoms with E-state index in [9.17, 15) is 9.59 Å². The fourth-order valence-corrected chi connectivity index (χ4v) is 3.63. The molecule has 2 amide bonds. The predicted octanol–water partition coefficient (Wildman–Crippen LogP) is 3.28. The minimum Gasteiger partial charge on any atom is -0.380 e. The Kier molecular flexibility index (Phi) is 7.48. The van der Waals surface area contributed by atoms with Crippen molar-refractivity contribution in [3.8, 4) is 0 Å². The number of hydrogen-bond donors (Lipinski definition) is 2. The van der Waals surface area contributed by atoms with Gasteiger partial charge in [-0.1, -0.05) is 41.5 Å². The molecular formula is C20H38N2O3. The molecule has 2 N–H and O–H groups in total. The van der Waals surface area contributed by atoms with Crippen molar-refractivity contribution in [2.45, 2.75) is 80.2 Å². The van der Waals surface area contributed by atoms with Gasteiger partial charge in [0.1, 0.15) is 0 Å². The van der Waals surface area contributed by atoms with E-state index in [0.717, 1.165) is 32.3 Å². The van der Waals surface area contributed by atoms with Crippen LogP contribution < -0.4 is 10.6 Å². The van der Waals surface area contributed by atoms with Crippen LogP contribution in [0.4, 0.5) is 0 Å². The smallest absolute Gasteiger partial charge is 0.228 e. The quantitative estimate of drug-likeness (QED) is 0.737. The van der Waals surface area contributed by atoms with Crippen LogP contribution >= 0.6 is 0 Å². The zero-order valence-electron chi connectivity index (χ0n) is 17.3. The molecule has 0 aromatic rings. The molecule has 1 aliphatic rings. The van der Waals surface area contributed by atoms with Gasteiger partial charge in [-0.3, -0.25) is 9.59 Å². The largest absolute Gasteiger partial charge is 0.380 e. The normalized spacial score (nSPS) is 23.0. The summed E-state index contributed by atoms with van der Waals surface area (Å²) in [4.78, 5) is 25.2. The summed E-state index contributed by atoms with van der Waals surface area (Å²) in [6.45, 7) is 16.0. The SMILES string of the molecule is CCC(CNC(=O)C(C)(C)CC(C)(C)C)NC(=O)C1(C)CCCOC1. The Labute approximate surface area is 153 Å². The molecule has 0 saturated carbocycles. The maximum Gasteiger partial charge on any atom is 0.228 e. The summed E-state index contributed by atoms with van der Waals surface area (Å²) in [5, 5.41) is 6.13. The first-order chi connectivity index (χ1) is 11.4. The lowest BCUT2D eigenvalue weighted by atomic mass is 9.75. The maximum absolute atomic E-state index is 12.6. The summed E-state index contributed by atoms with van der Waals surface area (Å²) in [6, 6.07) is -0.0550. The molecule has 146 valence electrons. The lowest BCUT2D eigenvalue weighted by Gasteiger charge is -2.34. The van der Waals surface area contributed by atoms with E-state index in [0.29, 0.717) is 13.2 Å². The van der Waals surface area contributed by atoms with Gasteiger partial charge in [-0.2, -0.15) is 0 Å². The van der Waals surface area contributed by atoms with Crippen molar-refractivity contribution in [3.05, 3.63) is 0 Å². The Morgan fingerprint density at radius 1 is 1.20 bits per heavy atom. The zero-order chi connectivity index (χ0) is 19.3. The third-order valence-corrected chi connectivity index (χ3v) is 4.91. The number of amides is 2. The second-order valence-corrected chi connectivity index (χ2v) is 9.63. The molecule has 2 unspecified atom stereocenters. The third kappa shape index (κ3) is 6.96. The molecule has 1 aliphatic heterocycles. The Morgan fingerprint density at radius 2 is 1.84 bits per heavy atom. The van der Waals surface area contributed by atoms with Crippen LogP contribution in [0.5, 0.6) is 0 Å². The summed E-state index contributed by atoms with van der Waals surface area (Å²) in [7, 11) is 0. The van der Waals surface area contributed by atoms with Gasteiger partial charge in [0, 0.05) is 24.6 Å². The molecule has 0 aromatic carbocycles. The molecule has 0 aromatic heterocycles. The lowest BCUT2D eigenvalue weighted by Crippen LogP contribution is -2.52. The highest BCUT2D eigenvalue weighted by atomic mass is 16.5. The van der Waals surface area contributed by atoms with E-state index in [1.54, 1.807) is 0 Å². The maximum atomic E-state index is 12.6. The molecule has 25 heavy (non-hydrogen) atoms. The van der Waals surface area contributed by atoms with Gasteiger partial charge in [-0.05, 0) is 38.0 Å². The fraction of sp³-hybridized carbons (Fsp3) is 0.900. The van der Waals surface area contributed by atoms with E-state index in [1.807, 2.05) is 27.7 Å². The number of carbonyl (C=O) groups excluding carboxylic acids is 2. The molecule has 1 saturated heterocycles. The topological polar surface area (TPSA) is 67.4 Å². The van der Waals surface area contributed by atoms with Crippen molar-refractivity contribution < 1.29 is 14.3 Å². The van der Waals surface area contributed by atoms with Crippen LogP contribution in [0.1, 0.15) is 74.1 Å². The summed E-state index contributed by atoms with van der Waals surface area (Å²) in [5.41, 5.74) is -0.792. The fourth-order valence-electron chi connectivity index (χ4n) is 3.63. The van der Waals surface area contributed by atoms with E-state index < -0.39 is 10.8 Å². The van der Waals surface area contributed by atoms with Crippen LogP contribution in [0, 0.1) is 16.2 Å². The van der Waals surface area contributed by atoms with Gasteiger partial charge >= 0.3 is 0 Å². The summed E-state index contributed by atoms with van der Waals surface area (Å²) >= 11 is 0. The summed E-state index contributed by atoms with van der Waals surface area (Å²) < 4.78 is 5.48. The Bertz CT molecular complexity index is 460. The van der Waals surface area contributed by atoms with Crippen LogP contribution in [0.25, 0.3) is 0 Å². The first-order valence-electron chi connectivity index (χ1n) is 9.57. The van der Waals surface area contributed by atoms with Gasteiger partial charge in [-0.15, -0.1) is 0 Å². The number of hydrogen-bond acceptors (Lipinski definition) is 3. The number of carbonyl (C=O) groups is 2. The van der Waals surface area contributed by atoms with Gasteiger partial charge in [0.15, 0.2) is 0 Å². The van der Waals surface area contributed by atoms with Crippen molar-refractivity contribution in [2.75, 3.05) is 19.8 Å². The molecule has 1 fully saturated rings. The predicted molar refractivity (Wildman–Crippen MR) is 101 cm³/mol. The summed E-state index contributed by atoms with van der Waals surface area (Å²) in [6.07, 6.45) is 3.35. The van der Waals surface area contributed by atoms with Gasteiger partial charge in [0.25, 0.3) is 0 Å². The van der Waals surface area contributed by atoms with E-state index >= 15 is 0 Å². The average molecular weight is 355 g/mol. The second-order valence-electron chi connectivity index (χ2n) is 9.63. The number of ether oxygens (including phenoxy) is 1. The molecule has 0 spiro atoms. The van der Waals surface area contributed by atoms with Crippen LogP contribution in [0.15, 0.2) is 0 Å². The van der Waals surface area contributed by atoms with Gasteiger partial charge in [0.2, 0.25) is 11.8 Å². The Hall–Kier alpha value is -1.10. The minimum absolute atomic E-state index is 0.0299. The zero-order valence-corrected chi connectivity index (χ0v) is 17.3. The lowest BCUT2D eigenvalue weighted by molar-refractivity contribution is -0.138. The monoisotopic (exact) mass is 354 g/mol. The van der Waals surface area contributed by atoms with E-state index in [1.165, 1.54) is 0 Å². The Balaban J connectivity index is 2.55. The Morgan fingerprint density at radius 3 is 2.32 bits per heavy atom. The average Bonchev–Trinajstić information content (AvgIpc) is 2.49. The van der Waals surface area contributed by atoms with E-state index in [-0.39, 0.29) is 23.3 Å². The van der Waals surface area contributed by atoms with E-state index in [2.05, 4.69) is 31.4 Å². The molecule has 5 heteroatoms. The van der Waals surface area contributed by atoms with Crippen molar-refractivity contribution in [2.24, 2.45) is 16.2 Å². The van der Waals surface area contributed by atoms with Gasteiger partial charge in [0.05, 0.1) is 12.0 Å². The van der Waals surface area contributed by atoms with E-state index in [4.69, 9.17) is 4.74 Å². The molecule has 2 atom stereocenters. The number of nitrogens with one attached hydrogen (secondary N) is 2. The van der Waals surface area contributed by atoms with Crippen molar-refractivity contribution in [1.29, 1.82) is 0 Å². The first-order valence-corrected chi connectivity index (χ1v) is 9.57. The standard InChI is InChI=1S/C20H38N2O3/c1-8-15(22-17(24)20(7)10-9-11-25-14-20)12-21-16(23)19(5,6)13-18(2,3)4/h15H,8-14H2,1-7H3,(H,21,23)(H,22,24).